The van der Waals surface area contributed by atoms with Gasteiger partial charge in [0.05, 0.1) is 5.35 Å². The summed E-state index contributed by atoms with van der Waals surface area (Å²) >= 11 is 0. The van der Waals surface area contributed by atoms with Crippen molar-refractivity contribution in [1.29, 1.82) is 0 Å². The van der Waals surface area contributed by atoms with E-state index >= 15 is 0 Å². The van der Waals surface area contributed by atoms with Crippen molar-refractivity contribution in [2.75, 3.05) is 0 Å². The van der Waals surface area contributed by atoms with Gasteiger partial charge in [-0.15, -0.1) is 0 Å². The summed E-state index contributed by atoms with van der Waals surface area (Å²) < 4.78 is 0. The Bertz CT molecular complexity index is 662. The summed E-state index contributed by atoms with van der Waals surface area (Å²) in [5, 5.41) is 2.33. The zero-order chi connectivity index (χ0) is 13.1. The third-order valence-electron chi connectivity index (χ3n) is 2.92. The summed E-state index contributed by atoms with van der Waals surface area (Å²) in [7, 11) is 0. The molecule has 2 rings (SSSR count). The monoisotopic (exact) mass is 238 g/mol. The van der Waals surface area contributed by atoms with Gasteiger partial charge in [0.25, 0.3) is 0 Å². The highest BCUT2D eigenvalue weighted by Crippen LogP contribution is 2.12. The number of hydrogen-bond acceptors (Lipinski definition) is 2. The maximum atomic E-state index is 4.51. The predicted octanol–water partition coefficient (Wildman–Crippen LogP) is 2.52. The molecular formula is C16H18N2. The zero-order valence-electron chi connectivity index (χ0n) is 11.4. The molecule has 0 aliphatic carbocycles. The Morgan fingerprint density at radius 1 is 0.833 bits per heavy atom. The molecule has 0 aromatic carbocycles. The quantitative estimate of drug-likeness (QED) is 0.763. The van der Waals surface area contributed by atoms with Gasteiger partial charge < -0.3 is 0 Å². The molecule has 0 saturated carbocycles. The molecule has 2 heterocycles. The van der Waals surface area contributed by atoms with Crippen LogP contribution >= 0.6 is 0 Å². The fraction of sp³-hybridized carbons (Fsp3) is 0.250. The smallest absolute Gasteiger partial charge is 0.0693 e. The second-order valence-electron chi connectivity index (χ2n) is 4.82. The molecule has 0 aliphatic rings. The summed E-state index contributed by atoms with van der Waals surface area (Å²) in [5.74, 6) is 0. The van der Waals surface area contributed by atoms with Gasteiger partial charge in [0.15, 0.2) is 0 Å². The maximum Gasteiger partial charge on any atom is 0.0693 e. The molecule has 0 aliphatic heterocycles. The van der Waals surface area contributed by atoms with E-state index in [9.17, 15) is 0 Å². The highest BCUT2D eigenvalue weighted by molar-refractivity contribution is 5.67. The number of aromatic nitrogens is 2. The van der Waals surface area contributed by atoms with E-state index in [0.717, 1.165) is 5.35 Å². The van der Waals surface area contributed by atoms with E-state index in [-0.39, 0.29) is 0 Å². The van der Waals surface area contributed by atoms with Crippen molar-refractivity contribution < 1.29 is 0 Å². The van der Waals surface area contributed by atoms with E-state index in [1.165, 1.54) is 27.5 Å². The van der Waals surface area contributed by atoms with E-state index in [1.54, 1.807) is 0 Å². The summed E-state index contributed by atoms with van der Waals surface area (Å²) in [4.78, 5) is 8.59. The first-order valence-electron chi connectivity index (χ1n) is 6.11. The Morgan fingerprint density at radius 3 is 2.06 bits per heavy atom. The van der Waals surface area contributed by atoms with Crippen LogP contribution in [-0.4, -0.2) is 9.97 Å². The topological polar surface area (TPSA) is 25.8 Å². The molecule has 18 heavy (non-hydrogen) atoms. The normalized spacial score (nSPS) is 10.2. The molecule has 0 amide bonds. The van der Waals surface area contributed by atoms with Crippen molar-refractivity contribution >= 4 is 11.1 Å². The summed E-state index contributed by atoms with van der Waals surface area (Å²) in [6.45, 7) is 8.47. The van der Waals surface area contributed by atoms with Crippen molar-refractivity contribution in [2.24, 2.45) is 0 Å². The second kappa shape index (κ2) is 5.13. The number of rotatable bonds is 1. The van der Waals surface area contributed by atoms with E-state index in [2.05, 4.69) is 43.7 Å². The van der Waals surface area contributed by atoms with Gasteiger partial charge in [-0.05, 0) is 57.0 Å². The highest BCUT2D eigenvalue weighted by Gasteiger charge is 2.03. The second-order valence-corrected chi connectivity index (χ2v) is 4.82. The molecule has 0 spiro atoms. The van der Waals surface area contributed by atoms with E-state index in [0.29, 0.717) is 0 Å². The van der Waals surface area contributed by atoms with Crippen LogP contribution in [0.1, 0.15) is 27.7 Å². The molecule has 0 unspecified atom stereocenters. The molecule has 0 radical (unpaired) electrons. The first-order chi connectivity index (χ1) is 8.61. The van der Waals surface area contributed by atoms with Crippen LogP contribution in [0.25, 0.3) is 22.3 Å². The fourth-order valence-electron chi connectivity index (χ4n) is 2.12. The Labute approximate surface area is 108 Å². The van der Waals surface area contributed by atoms with Crippen LogP contribution < -0.4 is 10.6 Å². The molecule has 0 fully saturated rings. The molecule has 0 atom stereocenters. The molecule has 0 bridgehead atoms. The van der Waals surface area contributed by atoms with E-state index in [1.807, 2.05) is 30.7 Å². The van der Waals surface area contributed by atoms with Crippen LogP contribution in [-0.2, 0) is 0 Å². The molecule has 0 saturated heterocycles. The van der Waals surface area contributed by atoms with Crippen LogP contribution in [0.15, 0.2) is 36.8 Å². The van der Waals surface area contributed by atoms with E-state index in [4.69, 9.17) is 0 Å². The van der Waals surface area contributed by atoms with Crippen LogP contribution in [0.2, 0.25) is 0 Å². The van der Waals surface area contributed by atoms with Crippen molar-refractivity contribution in [3.63, 3.8) is 0 Å². The minimum absolute atomic E-state index is 1.09. The highest BCUT2D eigenvalue weighted by atomic mass is 14.6. The van der Waals surface area contributed by atoms with E-state index < -0.39 is 0 Å². The average Bonchev–Trinajstić information content (AvgIpc) is 2.38. The summed E-state index contributed by atoms with van der Waals surface area (Å²) in [6.07, 6.45) is 5.53. The van der Waals surface area contributed by atoms with Gasteiger partial charge in [-0.25, -0.2) is 0 Å². The molecule has 2 nitrogen and oxygen atoms in total. The predicted molar refractivity (Wildman–Crippen MR) is 76.2 cm³/mol. The van der Waals surface area contributed by atoms with Crippen molar-refractivity contribution in [2.45, 2.75) is 27.7 Å². The van der Waals surface area contributed by atoms with Gasteiger partial charge in [-0.2, -0.15) is 0 Å². The maximum absolute atomic E-state index is 4.51. The molecular weight excluding hydrogens is 220 g/mol. The Kier molecular flexibility index (Phi) is 3.56. The fourth-order valence-corrected chi connectivity index (χ4v) is 2.12. The Balaban J connectivity index is 2.93. The summed E-state index contributed by atoms with van der Waals surface area (Å²) in [6, 6.07) is 6.15. The molecule has 2 aromatic heterocycles. The lowest BCUT2D eigenvalue weighted by Gasteiger charge is -2.06. The van der Waals surface area contributed by atoms with Gasteiger partial charge in [0, 0.05) is 23.8 Å². The largest absolute Gasteiger partial charge is 0.265 e. The third-order valence-corrected chi connectivity index (χ3v) is 2.92. The molecule has 2 aromatic rings. The minimum atomic E-state index is 1.09. The van der Waals surface area contributed by atoms with Gasteiger partial charge in [0.2, 0.25) is 0 Å². The number of pyridine rings is 2. The SMILES string of the molecule is CC(C)=c1nccc(-c2ccncc2)c1=C(C)C. The average molecular weight is 238 g/mol. The van der Waals surface area contributed by atoms with Gasteiger partial charge >= 0.3 is 0 Å². The van der Waals surface area contributed by atoms with Crippen molar-refractivity contribution in [3.05, 3.63) is 47.4 Å². The zero-order valence-corrected chi connectivity index (χ0v) is 11.4. The minimum Gasteiger partial charge on any atom is -0.265 e. The lowest BCUT2D eigenvalue weighted by molar-refractivity contribution is 1.18. The van der Waals surface area contributed by atoms with Crippen LogP contribution in [0, 0.1) is 0 Å². The van der Waals surface area contributed by atoms with Crippen LogP contribution in [0.3, 0.4) is 0 Å². The van der Waals surface area contributed by atoms with Gasteiger partial charge in [0.1, 0.15) is 0 Å². The summed E-state index contributed by atoms with van der Waals surface area (Å²) in [5.41, 5.74) is 4.93. The van der Waals surface area contributed by atoms with Gasteiger partial charge in [-0.1, -0.05) is 11.1 Å². The number of nitrogens with zero attached hydrogens (tertiary/aromatic N) is 2. The standard InChI is InChI=1S/C16H18N2/c1-11(2)15-14(13-5-8-17-9-6-13)7-10-18-16(15)12(3)4/h5-10H,1-4H3. The lowest BCUT2D eigenvalue weighted by atomic mass is 10.0. The van der Waals surface area contributed by atoms with Crippen molar-refractivity contribution in [3.8, 4) is 11.1 Å². The molecule has 0 N–H and O–H groups in total. The first kappa shape index (κ1) is 12.5. The molecule has 92 valence electrons. The molecule has 2 heteroatoms. The Morgan fingerprint density at radius 2 is 1.50 bits per heavy atom. The van der Waals surface area contributed by atoms with Gasteiger partial charge in [-0.3, -0.25) is 9.97 Å². The Hall–Kier alpha value is -1.96. The van der Waals surface area contributed by atoms with Crippen LogP contribution in [0.4, 0.5) is 0 Å². The third kappa shape index (κ3) is 2.33. The lowest BCUT2D eigenvalue weighted by Crippen LogP contribution is -2.32. The van der Waals surface area contributed by atoms with Crippen molar-refractivity contribution in [1.82, 2.24) is 9.97 Å². The first-order valence-corrected chi connectivity index (χ1v) is 6.11. The van der Waals surface area contributed by atoms with Crippen LogP contribution in [0.5, 0.6) is 0 Å². The number of hydrogen-bond donors (Lipinski definition) is 0.